The number of ether oxygens (including phenoxy) is 2. The number of aromatic nitrogens is 1. The number of rotatable bonds is 9. The molecule has 0 spiro atoms. The predicted molar refractivity (Wildman–Crippen MR) is 108 cm³/mol. The Balaban J connectivity index is 1.78. The molecule has 1 heterocycles. The second-order valence-electron chi connectivity index (χ2n) is 5.66. The van der Waals surface area contributed by atoms with Gasteiger partial charge in [0, 0.05) is 26.0 Å². The van der Waals surface area contributed by atoms with Crippen LogP contribution in [0.4, 0.5) is 5.13 Å². The monoisotopic (exact) mass is 377 g/mol. The van der Waals surface area contributed by atoms with Gasteiger partial charge in [0.2, 0.25) is 0 Å². The van der Waals surface area contributed by atoms with Crippen molar-refractivity contribution in [1.82, 2.24) is 15.6 Å². The van der Waals surface area contributed by atoms with E-state index in [4.69, 9.17) is 9.47 Å². The largest absolute Gasteiger partial charge is 0.497 e. The first-order valence-electron chi connectivity index (χ1n) is 8.53. The summed E-state index contributed by atoms with van der Waals surface area (Å²) < 4.78 is 10.8. The number of anilines is 1. The highest BCUT2D eigenvalue weighted by molar-refractivity contribution is 7.13. The molecule has 0 saturated heterocycles. The fourth-order valence-corrected chi connectivity index (χ4v) is 2.84. The minimum atomic E-state index is 0.540. The molecule has 2 rings (SSSR count). The van der Waals surface area contributed by atoms with E-state index < -0.39 is 0 Å². The Kier molecular flexibility index (Phi) is 8.01. The number of benzene rings is 1. The summed E-state index contributed by atoms with van der Waals surface area (Å²) in [6.45, 7) is 4.57. The van der Waals surface area contributed by atoms with Crippen LogP contribution in [0.3, 0.4) is 0 Å². The summed E-state index contributed by atoms with van der Waals surface area (Å²) in [6, 6.07) is 7.54. The lowest BCUT2D eigenvalue weighted by Gasteiger charge is -2.12. The zero-order valence-electron chi connectivity index (χ0n) is 15.8. The number of thiazole rings is 1. The molecule has 0 fully saturated rings. The minimum absolute atomic E-state index is 0.540. The van der Waals surface area contributed by atoms with E-state index in [-0.39, 0.29) is 0 Å². The second kappa shape index (κ2) is 10.5. The molecule has 0 aliphatic carbocycles. The molecule has 0 amide bonds. The molecule has 2 aromatic rings. The summed E-state index contributed by atoms with van der Waals surface area (Å²) in [5, 5.41) is 9.52. The SMILES string of the molecule is CCNC(=NCc1csc(N(C)C)n1)NCCOc1ccc(OC)cc1. The van der Waals surface area contributed by atoms with Gasteiger partial charge >= 0.3 is 0 Å². The molecule has 0 saturated carbocycles. The first kappa shape index (κ1) is 19.8. The summed E-state index contributed by atoms with van der Waals surface area (Å²) in [5.74, 6) is 2.38. The predicted octanol–water partition coefficient (Wildman–Crippen LogP) is 2.35. The molecular weight excluding hydrogens is 350 g/mol. The molecule has 7 nitrogen and oxygen atoms in total. The number of methoxy groups -OCH3 is 1. The van der Waals surface area contributed by atoms with Crippen LogP contribution >= 0.6 is 11.3 Å². The van der Waals surface area contributed by atoms with Gasteiger partial charge in [-0.25, -0.2) is 9.98 Å². The molecule has 0 aliphatic heterocycles. The van der Waals surface area contributed by atoms with Crippen molar-refractivity contribution in [3.8, 4) is 11.5 Å². The number of aliphatic imine (C=N–C) groups is 1. The van der Waals surface area contributed by atoms with Crippen LogP contribution in [0.1, 0.15) is 12.6 Å². The van der Waals surface area contributed by atoms with Gasteiger partial charge in [0.15, 0.2) is 11.1 Å². The fraction of sp³-hybridized carbons (Fsp3) is 0.444. The van der Waals surface area contributed by atoms with Crippen LogP contribution in [0.25, 0.3) is 0 Å². The van der Waals surface area contributed by atoms with Crippen molar-refractivity contribution in [2.45, 2.75) is 13.5 Å². The Morgan fingerprint density at radius 2 is 1.92 bits per heavy atom. The van der Waals surface area contributed by atoms with Gasteiger partial charge < -0.3 is 25.0 Å². The normalized spacial score (nSPS) is 11.2. The van der Waals surface area contributed by atoms with Crippen molar-refractivity contribution in [2.24, 2.45) is 4.99 Å². The molecule has 1 aromatic carbocycles. The Labute approximate surface area is 159 Å². The summed E-state index contributed by atoms with van der Waals surface area (Å²) in [5.41, 5.74) is 0.963. The van der Waals surface area contributed by atoms with E-state index >= 15 is 0 Å². The lowest BCUT2D eigenvalue weighted by Crippen LogP contribution is -2.39. The van der Waals surface area contributed by atoms with Gasteiger partial charge in [-0.05, 0) is 31.2 Å². The highest BCUT2D eigenvalue weighted by Crippen LogP contribution is 2.18. The highest BCUT2D eigenvalue weighted by atomic mass is 32.1. The third kappa shape index (κ3) is 6.44. The summed E-state index contributed by atoms with van der Waals surface area (Å²) >= 11 is 1.62. The van der Waals surface area contributed by atoms with Crippen molar-refractivity contribution in [2.75, 3.05) is 45.8 Å². The molecular formula is C18H27N5O2S. The standard InChI is InChI=1S/C18H27N5O2S/c1-5-19-17(21-12-14-13-26-18(22-14)23(2)3)20-10-11-25-16-8-6-15(24-4)7-9-16/h6-9,13H,5,10-12H2,1-4H3,(H2,19,20,21). The molecule has 8 heteroatoms. The van der Waals surface area contributed by atoms with Crippen LogP contribution in [0.15, 0.2) is 34.6 Å². The zero-order chi connectivity index (χ0) is 18.8. The zero-order valence-corrected chi connectivity index (χ0v) is 16.6. The van der Waals surface area contributed by atoms with Crippen LogP contribution in [0.2, 0.25) is 0 Å². The van der Waals surface area contributed by atoms with Crippen LogP contribution in [-0.2, 0) is 6.54 Å². The van der Waals surface area contributed by atoms with Gasteiger partial charge in [-0.2, -0.15) is 0 Å². The average molecular weight is 378 g/mol. The van der Waals surface area contributed by atoms with E-state index in [0.29, 0.717) is 19.7 Å². The molecule has 0 aliphatic rings. The molecule has 26 heavy (non-hydrogen) atoms. The van der Waals surface area contributed by atoms with Crippen molar-refractivity contribution in [1.29, 1.82) is 0 Å². The Bertz CT molecular complexity index is 685. The summed E-state index contributed by atoms with van der Waals surface area (Å²) in [6.07, 6.45) is 0. The maximum atomic E-state index is 5.71. The molecule has 142 valence electrons. The first-order valence-corrected chi connectivity index (χ1v) is 9.41. The first-order chi connectivity index (χ1) is 12.6. The number of hydrogen-bond acceptors (Lipinski definition) is 6. The Morgan fingerprint density at radius 1 is 1.19 bits per heavy atom. The highest BCUT2D eigenvalue weighted by Gasteiger charge is 2.04. The lowest BCUT2D eigenvalue weighted by atomic mass is 10.3. The van der Waals surface area contributed by atoms with E-state index in [9.17, 15) is 0 Å². The van der Waals surface area contributed by atoms with Crippen LogP contribution < -0.4 is 25.0 Å². The van der Waals surface area contributed by atoms with E-state index in [1.807, 2.05) is 55.6 Å². The van der Waals surface area contributed by atoms with Crippen molar-refractivity contribution in [3.63, 3.8) is 0 Å². The van der Waals surface area contributed by atoms with Gasteiger partial charge in [0.05, 0.1) is 25.9 Å². The smallest absolute Gasteiger partial charge is 0.191 e. The van der Waals surface area contributed by atoms with Gasteiger partial charge in [0.1, 0.15) is 18.1 Å². The van der Waals surface area contributed by atoms with Crippen molar-refractivity contribution >= 4 is 22.4 Å². The number of nitrogens with one attached hydrogen (secondary N) is 2. The Hall–Kier alpha value is -2.48. The minimum Gasteiger partial charge on any atom is -0.497 e. The summed E-state index contributed by atoms with van der Waals surface area (Å²) in [4.78, 5) is 11.1. The maximum absolute atomic E-state index is 5.71. The van der Waals surface area contributed by atoms with E-state index in [2.05, 4.69) is 20.6 Å². The Morgan fingerprint density at radius 3 is 2.54 bits per heavy atom. The van der Waals surface area contributed by atoms with Gasteiger partial charge in [-0.15, -0.1) is 11.3 Å². The van der Waals surface area contributed by atoms with Gasteiger partial charge in [-0.1, -0.05) is 0 Å². The topological polar surface area (TPSA) is 71.0 Å². The molecule has 0 unspecified atom stereocenters. The van der Waals surface area contributed by atoms with E-state index in [1.54, 1.807) is 18.4 Å². The third-order valence-electron chi connectivity index (χ3n) is 3.39. The van der Waals surface area contributed by atoms with Crippen LogP contribution in [-0.4, -0.2) is 51.8 Å². The fourth-order valence-electron chi connectivity index (χ4n) is 2.09. The van der Waals surface area contributed by atoms with Gasteiger partial charge in [-0.3, -0.25) is 0 Å². The molecule has 1 aromatic heterocycles. The number of guanidine groups is 1. The van der Waals surface area contributed by atoms with Crippen molar-refractivity contribution < 1.29 is 9.47 Å². The van der Waals surface area contributed by atoms with Crippen LogP contribution in [0, 0.1) is 0 Å². The summed E-state index contributed by atoms with van der Waals surface area (Å²) in [7, 11) is 5.62. The van der Waals surface area contributed by atoms with Crippen molar-refractivity contribution in [3.05, 3.63) is 35.3 Å². The maximum Gasteiger partial charge on any atom is 0.191 e. The van der Waals surface area contributed by atoms with E-state index in [0.717, 1.165) is 34.8 Å². The lowest BCUT2D eigenvalue weighted by molar-refractivity contribution is 0.321. The number of hydrogen-bond donors (Lipinski definition) is 2. The quantitative estimate of drug-likeness (QED) is 0.397. The third-order valence-corrected chi connectivity index (χ3v) is 4.45. The average Bonchev–Trinajstić information content (AvgIpc) is 3.13. The van der Waals surface area contributed by atoms with E-state index in [1.165, 1.54) is 0 Å². The number of nitrogens with zero attached hydrogens (tertiary/aromatic N) is 3. The molecule has 0 bridgehead atoms. The molecule has 2 N–H and O–H groups in total. The van der Waals surface area contributed by atoms with Gasteiger partial charge in [0.25, 0.3) is 0 Å². The molecule has 0 radical (unpaired) electrons. The van der Waals surface area contributed by atoms with Crippen LogP contribution in [0.5, 0.6) is 11.5 Å². The second-order valence-corrected chi connectivity index (χ2v) is 6.50. The molecule has 0 atom stereocenters.